The van der Waals surface area contributed by atoms with Crippen molar-refractivity contribution >= 4 is 11.8 Å². The number of carboxylic acid groups (broad SMARTS) is 1. The van der Waals surface area contributed by atoms with Crippen molar-refractivity contribution in [1.29, 1.82) is 0 Å². The number of aromatic amines is 1. The first-order chi connectivity index (χ1) is 16.4. The van der Waals surface area contributed by atoms with Gasteiger partial charge in [0, 0.05) is 18.0 Å². The fourth-order valence-electron chi connectivity index (χ4n) is 6.26. The zero-order chi connectivity index (χ0) is 24.2. The Hall–Kier alpha value is -2.40. The lowest BCUT2D eigenvalue weighted by Crippen LogP contribution is -2.40. The van der Waals surface area contributed by atoms with Crippen LogP contribution in [0.2, 0.25) is 0 Å². The lowest BCUT2D eigenvalue weighted by molar-refractivity contribution is -0.152. The predicted octanol–water partition coefficient (Wildman–Crippen LogP) is 6.21. The van der Waals surface area contributed by atoms with Crippen LogP contribution in [-0.2, 0) is 9.53 Å². The van der Waals surface area contributed by atoms with Gasteiger partial charge in [-0.25, -0.2) is 0 Å². The van der Waals surface area contributed by atoms with Gasteiger partial charge in [0.15, 0.2) is 5.78 Å². The summed E-state index contributed by atoms with van der Waals surface area (Å²) in [5.74, 6) is 0.237. The molecule has 4 rings (SSSR count). The first-order valence-electron chi connectivity index (χ1n) is 13.0. The third-order valence-electron chi connectivity index (χ3n) is 8.36. The molecule has 0 amide bonds. The van der Waals surface area contributed by atoms with Crippen molar-refractivity contribution < 1.29 is 19.4 Å². The molecule has 2 heterocycles. The van der Waals surface area contributed by atoms with E-state index in [-0.39, 0.29) is 29.8 Å². The van der Waals surface area contributed by atoms with E-state index in [0.717, 1.165) is 25.7 Å². The molecule has 5 heteroatoms. The molecule has 0 radical (unpaired) electrons. The molecule has 2 aliphatic carbocycles. The number of Topliss-reactive ketones (excluding diaryl/α,β-unsaturated/α-hetero) is 1. The minimum Gasteiger partial charge on any atom is -0.481 e. The minimum atomic E-state index is -0.799. The lowest BCUT2D eigenvalue weighted by atomic mass is 9.69. The molecule has 0 unspecified atom stereocenters. The molecule has 1 saturated heterocycles. The number of ketones is 1. The van der Waals surface area contributed by atoms with E-state index in [4.69, 9.17) is 4.74 Å². The van der Waals surface area contributed by atoms with Gasteiger partial charge in [0.2, 0.25) is 0 Å². The number of carboxylic acids is 1. The average molecular weight is 466 g/mol. The SMILES string of the molecule is CC/C(=C\C=C\[C@H]1C=C[C@@H]2CCC[C@@H]2[C@@H]1C(=O)c1ccc[nH]1)[C@H]1O[C@@H]([C@@H](C)C(=O)O)CC[C@H]1C. The van der Waals surface area contributed by atoms with Crippen molar-refractivity contribution in [2.45, 2.75) is 71.5 Å². The molecule has 5 nitrogen and oxygen atoms in total. The number of carbonyl (C=O) groups excluding carboxylic acids is 1. The van der Waals surface area contributed by atoms with E-state index in [2.05, 4.69) is 49.2 Å². The van der Waals surface area contributed by atoms with E-state index in [1.54, 1.807) is 6.92 Å². The van der Waals surface area contributed by atoms with E-state index >= 15 is 0 Å². The van der Waals surface area contributed by atoms with Gasteiger partial charge in [0.1, 0.15) is 0 Å². The van der Waals surface area contributed by atoms with Gasteiger partial charge >= 0.3 is 5.97 Å². The van der Waals surface area contributed by atoms with Crippen LogP contribution in [0.4, 0.5) is 0 Å². The maximum atomic E-state index is 13.4. The number of fused-ring (bicyclic) bond motifs is 1. The monoisotopic (exact) mass is 465 g/mol. The first-order valence-corrected chi connectivity index (χ1v) is 13.0. The summed E-state index contributed by atoms with van der Waals surface area (Å²) in [6, 6.07) is 3.78. The fourth-order valence-corrected chi connectivity index (χ4v) is 6.26. The zero-order valence-electron chi connectivity index (χ0n) is 20.7. The molecule has 0 aromatic carbocycles. The molecule has 1 aromatic rings. The first kappa shape index (κ1) is 24.7. The Balaban J connectivity index is 1.53. The van der Waals surface area contributed by atoms with Gasteiger partial charge in [-0.2, -0.15) is 0 Å². The Morgan fingerprint density at radius 3 is 2.76 bits per heavy atom. The summed E-state index contributed by atoms with van der Waals surface area (Å²) < 4.78 is 6.33. The number of H-pyrrole nitrogens is 1. The van der Waals surface area contributed by atoms with Gasteiger partial charge in [-0.3, -0.25) is 9.59 Å². The van der Waals surface area contributed by atoms with Crippen molar-refractivity contribution in [3.8, 4) is 0 Å². The number of ether oxygens (including phenoxy) is 1. The normalized spacial score (nSPS) is 34.8. The van der Waals surface area contributed by atoms with Crippen LogP contribution in [0.15, 0.2) is 54.3 Å². The Labute approximate surface area is 203 Å². The highest BCUT2D eigenvalue weighted by molar-refractivity contribution is 5.97. The molecule has 1 aromatic heterocycles. The molecular weight excluding hydrogens is 426 g/mol. The van der Waals surface area contributed by atoms with Crippen LogP contribution in [0.5, 0.6) is 0 Å². The van der Waals surface area contributed by atoms with E-state index in [9.17, 15) is 14.7 Å². The second kappa shape index (κ2) is 10.9. The van der Waals surface area contributed by atoms with Crippen LogP contribution in [0.25, 0.3) is 0 Å². The molecule has 34 heavy (non-hydrogen) atoms. The fraction of sp³-hybridized carbons (Fsp3) is 0.586. The highest BCUT2D eigenvalue weighted by atomic mass is 16.5. The van der Waals surface area contributed by atoms with Gasteiger partial charge < -0.3 is 14.8 Å². The second-order valence-corrected chi connectivity index (χ2v) is 10.5. The molecule has 0 spiro atoms. The number of aromatic nitrogens is 1. The van der Waals surface area contributed by atoms with Gasteiger partial charge in [-0.1, -0.05) is 50.6 Å². The number of nitrogens with one attached hydrogen (secondary N) is 1. The topological polar surface area (TPSA) is 79.4 Å². The summed E-state index contributed by atoms with van der Waals surface area (Å²) in [6.45, 7) is 6.05. The molecule has 8 atom stereocenters. The standard InChI is InChI=1S/C29H39NO4/c1-4-20(28-18(2)13-16-25(34-28)19(3)29(32)33)8-5-10-22-15-14-21-9-6-11-23(21)26(22)27(31)24-12-7-17-30-24/h5,7-8,10,12,14-15,17-19,21-23,25-26,28,30H,4,6,9,11,13,16H2,1-3H3,(H,32,33)/b10-5+,20-8+/t18-,19-,21+,22+,23+,25-,26-,28+/m1/s1. The molecule has 2 fully saturated rings. The number of aliphatic carboxylic acids is 1. The van der Waals surface area contributed by atoms with E-state index in [0.29, 0.717) is 23.4 Å². The van der Waals surface area contributed by atoms with E-state index in [1.807, 2.05) is 18.3 Å². The Morgan fingerprint density at radius 1 is 1.24 bits per heavy atom. The van der Waals surface area contributed by atoms with Gasteiger partial charge in [0.05, 0.1) is 23.8 Å². The summed E-state index contributed by atoms with van der Waals surface area (Å²) in [7, 11) is 0. The van der Waals surface area contributed by atoms with Gasteiger partial charge in [-0.05, 0) is 74.5 Å². The summed E-state index contributed by atoms with van der Waals surface area (Å²) in [6.07, 6.45) is 18.6. The van der Waals surface area contributed by atoms with Crippen molar-refractivity contribution in [2.75, 3.05) is 0 Å². The zero-order valence-corrected chi connectivity index (χ0v) is 20.7. The molecule has 1 aliphatic heterocycles. The van der Waals surface area contributed by atoms with Crippen LogP contribution in [0.1, 0.15) is 69.8 Å². The van der Waals surface area contributed by atoms with Crippen LogP contribution in [0, 0.1) is 35.5 Å². The number of hydrogen-bond donors (Lipinski definition) is 2. The van der Waals surface area contributed by atoms with Crippen molar-refractivity contribution in [3.05, 3.63) is 60.0 Å². The Kier molecular flexibility index (Phi) is 7.92. The summed E-state index contributed by atoms with van der Waals surface area (Å²) in [5.41, 5.74) is 1.90. The van der Waals surface area contributed by atoms with Crippen LogP contribution in [-0.4, -0.2) is 34.1 Å². The molecule has 2 N–H and O–H groups in total. The summed E-state index contributed by atoms with van der Waals surface area (Å²) in [5, 5.41) is 9.43. The number of hydrogen-bond acceptors (Lipinski definition) is 3. The predicted molar refractivity (Wildman–Crippen MR) is 133 cm³/mol. The van der Waals surface area contributed by atoms with Crippen LogP contribution < -0.4 is 0 Å². The lowest BCUT2D eigenvalue weighted by Gasteiger charge is -2.37. The van der Waals surface area contributed by atoms with Crippen LogP contribution >= 0.6 is 0 Å². The number of carbonyl (C=O) groups is 2. The average Bonchev–Trinajstić information content (AvgIpc) is 3.53. The third kappa shape index (κ3) is 5.14. The van der Waals surface area contributed by atoms with Gasteiger partial charge in [0.25, 0.3) is 0 Å². The smallest absolute Gasteiger partial charge is 0.308 e. The van der Waals surface area contributed by atoms with Crippen molar-refractivity contribution in [1.82, 2.24) is 4.98 Å². The van der Waals surface area contributed by atoms with Gasteiger partial charge in [-0.15, -0.1) is 0 Å². The summed E-state index contributed by atoms with van der Waals surface area (Å²) in [4.78, 5) is 28.0. The molecule has 184 valence electrons. The van der Waals surface area contributed by atoms with Crippen LogP contribution in [0.3, 0.4) is 0 Å². The second-order valence-electron chi connectivity index (χ2n) is 10.5. The number of allylic oxidation sites excluding steroid dienone is 5. The quantitative estimate of drug-likeness (QED) is 0.272. The molecular formula is C29H39NO4. The largest absolute Gasteiger partial charge is 0.481 e. The molecule has 3 aliphatic rings. The maximum Gasteiger partial charge on any atom is 0.308 e. The maximum absolute atomic E-state index is 13.4. The minimum absolute atomic E-state index is 0.0310. The third-order valence-corrected chi connectivity index (χ3v) is 8.36. The Bertz CT molecular complexity index is 943. The summed E-state index contributed by atoms with van der Waals surface area (Å²) >= 11 is 0. The van der Waals surface area contributed by atoms with Crippen molar-refractivity contribution in [3.63, 3.8) is 0 Å². The van der Waals surface area contributed by atoms with Crippen molar-refractivity contribution in [2.24, 2.45) is 35.5 Å². The highest BCUT2D eigenvalue weighted by Crippen LogP contribution is 2.46. The molecule has 1 saturated carbocycles. The van der Waals surface area contributed by atoms with E-state index in [1.165, 1.54) is 18.4 Å². The molecule has 0 bridgehead atoms. The Morgan fingerprint density at radius 2 is 2.06 bits per heavy atom. The highest BCUT2D eigenvalue weighted by Gasteiger charge is 2.42. The number of rotatable bonds is 8. The van der Waals surface area contributed by atoms with E-state index < -0.39 is 11.9 Å².